The van der Waals surface area contributed by atoms with Crippen LogP contribution in [0.3, 0.4) is 0 Å². The van der Waals surface area contributed by atoms with Crippen LogP contribution < -0.4 is 5.73 Å². The van der Waals surface area contributed by atoms with Crippen molar-refractivity contribution in [1.29, 1.82) is 0 Å². The van der Waals surface area contributed by atoms with Gasteiger partial charge in [-0.2, -0.15) is 0 Å². The van der Waals surface area contributed by atoms with E-state index in [4.69, 9.17) is 10.5 Å². The molecule has 0 amide bonds. The van der Waals surface area contributed by atoms with Crippen molar-refractivity contribution in [2.24, 2.45) is 17.6 Å². The van der Waals surface area contributed by atoms with Crippen LogP contribution in [0.5, 0.6) is 0 Å². The van der Waals surface area contributed by atoms with Gasteiger partial charge in [-0.15, -0.1) is 0 Å². The number of ether oxygens (including phenoxy) is 1. The third-order valence-electron chi connectivity index (χ3n) is 3.66. The van der Waals surface area contributed by atoms with Crippen LogP contribution in [0.15, 0.2) is 0 Å². The lowest BCUT2D eigenvalue weighted by Crippen LogP contribution is -2.47. The van der Waals surface area contributed by atoms with Crippen molar-refractivity contribution in [3.8, 4) is 0 Å². The molecule has 2 N–H and O–H groups in total. The summed E-state index contributed by atoms with van der Waals surface area (Å²) < 4.78 is 4.99. The molecule has 2 unspecified atom stereocenters. The molecule has 0 saturated heterocycles. The predicted octanol–water partition coefficient (Wildman–Crippen LogP) is 2.48. The largest absolute Gasteiger partial charge is 0.466 e. The molecule has 1 saturated carbocycles. The third-order valence-corrected chi connectivity index (χ3v) is 3.66. The SMILES string of the molecule is CCOC(=O)CC1(N)CCCC(C(C)C)C1. The van der Waals surface area contributed by atoms with Gasteiger partial charge in [-0.25, -0.2) is 0 Å². The summed E-state index contributed by atoms with van der Waals surface area (Å²) in [6.07, 6.45) is 4.68. The smallest absolute Gasteiger partial charge is 0.307 e. The highest BCUT2D eigenvalue weighted by molar-refractivity contribution is 5.70. The predicted molar refractivity (Wildman–Crippen MR) is 65.0 cm³/mol. The molecule has 1 fully saturated rings. The molecule has 2 atom stereocenters. The Labute approximate surface area is 98.7 Å². The molecule has 16 heavy (non-hydrogen) atoms. The molecule has 0 aromatic heterocycles. The van der Waals surface area contributed by atoms with Gasteiger partial charge < -0.3 is 10.5 Å². The average molecular weight is 227 g/mol. The van der Waals surface area contributed by atoms with Crippen molar-refractivity contribution in [2.75, 3.05) is 6.61 Å². The Hall–Kier alpha value is -0.570. The number of esters is 1. The van der Waals surface area contributed by atoms with Gasteiger partial charge in [0.25, 0.3) is 0 Å². The summed E-state index contributed by atoms with van der Waals surface area (Å²) in [6.45, 7) is 6.75. The molecule has 1 rings (SSSR count). The zero-order valence-corrected chi connectivity index (χ0v) is 10.8. The number of carbonyl (C=O) groups is 1. The normalized spacial score (nSPS) is 30.4. The van der Waals surface area contributed by atoms with E-state index in [2.05, 4.69) is 13.8 Å². The third kappa shape index (κ3) is 3.78. The first kappa shape index (κ1) is 13.5. The van der Waals surface area contributed by atoms with Gasteiger partial charge in [-0.05, 0) is 31.6 Å². The van der Waals surface area contributed by atoms with E-state index >= 15 is 0 Å². The zero-order valence-electron chi connectivity index (χ0n) is 10.8. The van der Waals surface area contributed by atoms with E-state index < -0.39 is 0 Å². The maximum absolute atomic E-state index is 11.5. The van der Waals surface area contributed by atoms with Crippen LogP contribution in [0.4, 0.5) is 0 Å². The molecule has 0 radical (unpaired) electrons. The van der Waals surface area contributed by atoms with Gasteiger partial charge in [0.05, 0.1) is 13.0 Å². The van der Waals surface area contributed by atoms with Crippen molar-refractivity contribution in [3.05, 3.63) is 0 Å². The minimum Gasteiger partial charge on any atom is -0.466 e. The molecule has 0 bridgehead atoms. The van der Waals surface area contributed by atoms with Gasteiger partial charge in [0.2, 0.25) is 0 Å². The zero-order chi connectivity index (χ0) is 12.2. The fourth-order valence-electron chi connectivity index (χ4n) is 2.67. The lowest BCUT2D eigenvalue weighted by atomic mass is 9.71. The van der Waals surface area contributed by atoms with Gasteiger partial charge in [-0.3, -0.25) is 4.79 Å². The lowest BCUT2D eigenvalue weighted by molar-refractivity contribution is -0.145. The van der Waals surface area contributed by atoms with Crippen LogP contribution in [-0.4, -0.2) is 18.1 Å². The molecule has 1 aliphatic carbocycles. The van der Waals surface area contributed by atoms with E-state index in [1.54, 1.807) is 0 Å². The molecule has 3 nitrogen and oxygen atoms in total. The van der Waals surface area contributed by atoms with E-state index in [1.165, 1.54) is 6.42 Å². The topological polar surface area (TPSA) is 52.3 Å². The van der Waals surface area contributed by atoms with Crippen molar-refractivity contribution in [2.45, 2.75) is 58.4 Å². The molecular weight excluding hydrogens is 202 g/mol. The number of hydrogen-bond donors (Lipinski definition) is 1. The summed E-state index contributed by atoms with van der Waals surface area (Å²) in [5.41, 5.74) is 6.00. The van der Waals surface area contributed by atoms with Crippen LogP contribution in [0.1, 0.15) is 52.9 Å². The summed E-state index contributed by atoms with van der Waals surface area (Å²) >= 11 is 0. The standard InChI is InChI=1S/C13H25NO2/c1-4-16-12(15)9-13(14)7-5-6-11(8-13)10(2)3/h10-11H,4-9,14H2,1-3H3. The second kappa shape index (κ2) is 5.67. The maximum atomic E-state index is 11.5. The van der Waals surface area contributed by atoms with E-state index in [-0.39, 0.29) is 11.5 Å². The van der Waals surface area contributed by atoms with Crippen LogP contribution >= 0.6 is 0 Å². The number of hydrogen-bond acceptors (Lipinski definition) is 3. The Morgan fingerprint density at radius 3 is 2.81 bits per heavy atom. The Bertz CT molecular complexity index is 240. The Morgan fingerprint density at radius 2 is 2.25 bits per heavy atom. The fraction of sp³-hybridized carbons (Fsp3) is 0.923. The van der Waals surface area contributed by atoms with Crippen molar-refractivity contribution in [1.82, 2.24) is 0 Å². The van der Waals surface area contributed by atoms with E-state index in [0.717, 1.165) is 19.3 Å². The summed E-state index contributed by atoms with van der Waals surface area (Å²) in [5, 5.41) is 0. The summed E-state index contributed by atoms with van der Waals surface area (Å²) in [5.74, 6) is 1.17. The van der Waals surface area contributed by atoms with Gasteiger partial charge in [0, 0.05) is 5.54 Å². The fourth-order valence-corrected chi connectivity index (χ4v) is 2.67. The highest BCUT2D eigenvalue weighted by Gasteiger charge is 2.36. The maximum Gasteiger partial charge on any atom is 0.307 e. The first-order valence-electron chi connectivity index (χ1n) is 6.41. The van der Waals surface area contributed by atoms with E-state index in [0.29, 0.717) is 24.9 Å². The first-order valence-corrected chi connectivity index (χ1v) is 6.41. The van der Waals surface area contributed by atoms with Crippen LogP contribution in [0.25, 0.3) is 0 Å². The monoisotopic (exact) mass is 227 g/mol. The Kier molecular flexibility index (Phi) is 4.78. The highest BCUT2D eigenvalue weighted by atomic mass is 16.5. The average Bonchev–Trinajstić information content (AvgIpc) is 2.16. The van der Waals surface area contributed by atoms with E-state index in [9.17, 15) is 4.79 Å². The molecule has 0 aromatic rings. The second-order valence-corrected chi connectivity index (χ2v) is 5.44. The van der Waals surface area contributed by atoms with Crippen molar-refractivity contribution >= 4 is 5.97 Å². The molecular formula is C13H25NO2. The van der Waals surface area contributed by atoms with Crippen LogP contribution in [0, 0.1) is 11.8 Å². The van der Waals surface area contributed by atoms with Gasteiger partial charge in [0.15, 0.2) is 0 Å². The van der Waals surface area contributed by atoms with Gasteiger partial charge >= 0.3 is 5.97 Å². The first-order chi connectivity index (χ1) is 7.47. The molecule has 94 valence electrons. The Balaban J connectivity index is 2.52. The van der Waals surface area contributed by atoms with Crippen molar-refractivity contribution in [3.63, 3.8) is 0 Å². The Morgan fingerprint density at radius 1 is 1.56 bits per heavy atom. The highest BCUT2D eigenvalue weighted by Crippen LogP contribution is 2.36. The summed E-state index contributed by atoms with van der Waals surface area (Å²) in [7, 11) is 0. The second-order valence-electron chi connectivity index (χ2n) is 5.44. The van der Waals surface area contributed by atoms with Gasteiger partial charge in [-0.1, -0.05) is 26.7 Å². The summed E-state index contributed by atoms with van der Waals surface area (Å²) in [6, 6.07) is 0. The quantitative estimate of drug-likeness (QED) is 0.751. The van der Waals surface area contributed by atoms with Crippen LogP contribution in [-0.2, 0) is 9.53 Å². The lowest BCUT2D eigenvalue weighted by Gasteiger charge is -2.39. The van der Waals surface area contributed by atoms with Crippen LogP contribution in [0.2, 0.25) is 0 Å². The number of carbonyl (C=O) groups excluding carboxylic acids is 1. The molecule has 3 heteroatoms. The molecule has 0 spiro atoms. The number of nitrogens with two attached hydrogens (primary N) is 1. The molecule has 0 heterocycles. The molecule has 0 aromatic carbocycles. The minimum atomic E-state index is -0.320. The molecule has 1 aliphatic rings. The van der Waals surface area contributed by atoms with E-state index in [1.807, 2.05) is 6.92 Å². The van der Waals surface area contributed by atoms with Gasteiger partial charge in [0.1, 0.15) is 0 Å². The molecule has 0 aliphatic heterocycles. The minimum absolute atomic E-state index is 0.144. The summed E-state index contributed by atoms with van der Waals surface area (Å²) in [4.78, 5) is 11.5. The number of rotatable bonds is 4. The van der Waals surface area contributed by atoms with Crippen molar-refractivity contribution < 1.29 is 9.53 Å².